The quantitative estimate of drug-likeness (QED) is 0.789. The smallest absolute Gasteiger partial charge is 0.127 e. The molecule has 1 aliphatic heterocycles. The van der Waals surface area contributed by atoms with Gasteiger partial charge in [-0.2, -0.15) is 0 Å². The van der Waals surface area contributed by atoms with E-state index in [2.05, 4.69) is 45.5 Å². The van der Waals surface area contributed by atoms with E-state index >= 15 is 0 Å². The van der Waals surface area contributed by atoms with Crippen LogP contribution in [0.2, 0.25) is 0 Å². The van der Waals surface area contributed by atoms with Crippen LogP contribution in [0.1, 0.15) is 22.7 Å². The Labute approximate surface area is 138 Å². The van der Waals surface area contributed by atoms with Gasteiger partial charge in [-0.25, -0.2) is 0 Å². The van der Waals surface area contributed by atoms with Crippen molar-refractivity contribution in [2.45, 2.75) is 19.0 Å². The van der Waals surface area contributed by atoms with Crippen molar-refractivity contribution in [3.63, 3.8) is 0 Å². The van der Waals surface area contributed by atoms with E-state index < -0.39 is 0 Å². The number of rotatable bonds is 5. The fourth-order valence-electron chi connectivity index (χ4n) is 2.66. The minimum absolute atomic E-state index is 0.143. The second-order valence-corrected chi connectivity index (χ2v) is 6.37. The van der Waals surface area contributed by atoms with Crippen LogP contribution >= 0.6 is 27.5 Å². The molecule has 110 valence electrons. The fourth-order valence-corrected chi connectivity index (χ4v) is 3.50. The molecule has 4 heteroatoms. The highest BCUT2D eigenvalue weighted by molar-refractivity contribution is 9.10. The number of benzene rings is 2. The third-order valence-corrected chi connectivity index (χ3v) is 4.49. The van der Waals surface area contributed by atoms with Gasteiger partial charge in [0.2, 0.25) is 0 Å². The summed E-state index contributed by atoms with van der Waals surface area (Å²) in [6, 6.07) is 14.7. The van der Waals surface area contributed by atoms with Gasteiger partial charge < -0.3 is 10.1 Å². The summed E-state index contributed by atoms with van der Waals surface area (Å²) in [5.41, 5.74) is 3.67. The molecule has 0 amide bonds. The van der Waals surface area contributed by atoms with Gasteiger partial charge in [-0.15, -0.1) is 11.6 Å². The molecule has 0 spiro atoms. The fraction of sp³-hybridized carbons (Fsp3) is 0.294. The van der Waals surface area contributed by atoms with E-state index in [0.717, 1.165) is 29.8 Å². The molecule has 1 atom stereocenters. The zero-order valence-electron chi connectivity index (χ0n) is 11.6. The van der Waals surface area contributed by atoms with Gasteiger partial charge in [0.05, 0.1) is 6.61 Å². The standard InChI is InChI=1S/C17H17BrClNO/c18-15-8-13-6-7-21-17(13)14(9-15)11-20-16(10-19)12-4-2-1-3-5-12/h1-5,8-9,16,20H,6-7,10-11H2. The number of hydrogen-bond donors (Lipinski definition) is 1. The van der Waals surface area contributed by atoms with Crippen LogP contribution in [0, 0.1) is 0 Å². The monoisotopic (exact) mass is 365 g/mol. The number of hydrogen-bond acceptors (Lipinski definition) is 2. The van der Waals surface area contributed by atoms with E-state index in [1.807, 2.05) is 18.2 Å². The third kappa shape index (κ3) is 3.42. The zero-order chi connectivity index (χ0) is 14.7. The van der Waals surface area contributed by atoms with Crippen molar-refractivity contribution in [2.75, 3.05) is 12.5 Å². The molecule has 0 fully saturated rings. The highest BCUT2D eigenvalue weighted by atomic mass is 79.9. The lowest BCUT2D eigenvalue weighted by Crippen LogP contribution is -2.22. The topological polar surface area (TPSA) is 21.3 Å². The third-order valence-electron chi connectivity index (χ3n) is 3.72. The molecule has 21 heavy (non-hydrogen) atoms. The van der Waals surface area contributed by atoms with Crippen molar-refractivity contribution in [3.8, 4) is 5.75 Å². The predicted molar refractivity (Wildman–Crippen MR) is 90.1 cm³/mol. The van der Waals surface area contributed by atoms with Gasteiger partial charge in [0, 0.05) is 34.9 Å². The Hall–Kier alpha value is -1.03. The van der Waals surface area contributed by atoms with Crippen LogP contribution in [-0.2, 0) is 13.0 Å². The van der Waals surface area contributed by atoms with Crippen LogP contribution in [-0.4, -0.2) is 12.5 Å². The van der Waals surface area contributed by atoms with E-state index in [9.17, 15) is 0 Å². The summed E-state index contributed by atoms with van der Waals surface area (Å²) < 4.78 is 6.86. The van der Waals surface area contributed by atoms with Gasteiger partial charge in [0.15, 0.2) is 0 Å². The SMILES string of the molecule is ClCC(NCc1cc(Br)cc2c1OCC2)c1ccccc1. The first-order valence-electron chi connectivity index (χ1n) is 7.06. The summed E-state index contributed by atoms with van der Waals surface area (Å²) in [6.07, 6.45) is 0.986. The Balaban J connectivity index is 1.75. The first-order valence-corrected chi connectivity index (χ1v) is 8.39. The molecule has 0 aliphatic carbocycles. The highest BCUT2D eigenvalue weighted by Gasteiger charge is 2.18. The van der Waals surface area contributed by atoms with Crippen LogP contribution in [0.15, 0.2) is 46.9 Å². The van der Waals surface area contributed by atoms with Gasteiger partial charge in [-0.1, -0.05) is 46.3 Å². The molecule has 1 N–H and O–H groups in total. The maximum absolute atomic E-state index is 6.11. The Kier molecular flexibility index (Phi) is 4.84. The van der Waals surface area contributed by atoms with Gasteiger partial charge in [-0.3, -0.25) is 0 Å². The molecule has 3 rings (SSSR count). The Morgan fingerprint density at radius 3 is 2.81 bits per heavy atom. The second kappa shape index (κ2) is 6.82. The van der Waals surface area contributed by atoms with Crippen molar-refractivity contribution < 1.29 is 4.74 Å². The number of halogens is 2. The first kappa shape index (κ1) is 14.9. The number of alkyl halides is 1. The van der Waals surface area contributed by atoms with Crippen LogP contribution in [0.4, 0.5) is 0 Å². The van der Waals surface area contributed by atoms with E-state index in [4.69, 9.17) is 16.3 Å². The molecule has 0 saturated carbocycles. The van der Waals surface area contributed by atoms with Crippen molar-refractivity contribution in [3.05, 3.63) is 63.6 Å². The summed E-state index contributed by atoms with van der Waals surface area (Å²) in [5.74, 6) is 1.58. The molecular formula is C17H17BrClNO. The van der Waals surface area contributed by atoms with Gasteiger partial charge in [-0.05, 0) is 23.3 Å². The molecular weight excluding hydrogens is 350 g/mol. The Morgan fingerprint density at radius 2 is 2.05 bits per heavy atom. The molecule has 2 aromatic rings. The number of fused-ring (bicyclic) bond motifs is 1. The summed E-state index contributed by atoms with van der Waals surface area (Å²) in [7, 11) is 0. The Morgan fingerprint density at radius 1 is 1.24 bits per heavy atom. The lowest BCUT2D eigenvalue weighted by Gasteiger charge is -2.18. The van der Waals surface area contributed by atoms with Crippen molar-refractivity contribution in [1.29, 1.82) is 0 Å². The summed E-state index contributed by atoms with van der Waals surface area (Å²) in [5, 5.41) is 3.53. The lowest BCUT2D eigenvalue weighted by molar-refractivity contribution is 0.351. The predicted octanol–water partition coefficient (Wildman–Crippen LogP) is 4.45. The molecule has 0 radical (unpaired) electrons. The maximum atomic E-state index is 6.11. The van der Waals surface area contributed by atoms with E-state index in [-0.39, 0.29) is 6.04 Å². The Bertz CT molecular complexity index is 618. The molecule has 2 aromatic carbocycles. The number of ether oxygens (including phenoxy) is 1. The lowest BCUT2D eigenvalue weighted by atomic mass is 10.1. The van der Waals surface area contributed by atoms with Crippen LogP contribution < -0.4 is 10.1 Å². The van der Waals surface area contributed by atoms with Crippen molar-refractivity contribution in [2.24, 2.45) is 0 Å². The summed E-state index contributed by atoms with van der Waals surface area (Å²) >= 11 is 9.69. The average Bonchev–Trinajstić information content (AvgIpc) is 2.97. The molecule has 0 saturated heterocycles. The molecule has 1 aliphatic rings. The van der Waals surface area contributed by atoms with Gasteiger partial charge in [0.25, 0.3) is 0 Å². The maximum Gasteiger partial charge on any atom is 0.127 e. The molecule has 0 bridgehead atoms. The van der Waals surface area contributed by atoms with Crippen molar-refractivity contribution in [1.82, 2.24) is 5.32 Å². The van der Waals surface area contributed by atoms with Gasteiger partial charge in [0.1, 0.15) is 5.75 Å². The molecule has 1 heterocycles. The minimum atomic E-state index is 0.143. The van der Waals surface area contributed by atoms with Crippen LogP contribution in [0.25, 0.3) is 0 Å². The first-order chi connectivity index (χ1) is 10.3. The summed E-state index contributed by atoms with van der Waals surface area (Å²) in [4.78, 5) is 0. The number of nitrogens with one attached hydrogen (secondary N) is 1. The minimum Gasteiger partial charge on any atom is -0.493 e. The normalized spacial score (nSPS) is 14.6. The van der Waals surface area contributed by atoms with Crippen LogP contribution in [0.3, 0.4) is 0 Å². The largest absolute Gasteiger partial charge is 0.493 e. The van der Waals surface area contributed by atoms with Gasteiger partial charge >= 0.3 is 0 Å². The molecule has 0 aromatic heterocycles. The highest BCUT2D eigenvalue weighted by Crippen LogP contribution is 2.33. The molecule has 1 unspecified atom stereocenters. The van der Waals surface area contributed by atoms with Crippen molar-refractivity contribution >= 4 is 27.5 Å². The summed E-state index contributed by atoms with van der Waals surface area (Å²) in [6.45, 7) is 1.52. The van der Waals surface area contributed by atoms with Crippen LogP contribution in [0.5, 0.6) is 5.75 Å². The second-order valence-electron chi connectivity index (χ2n) is 5.15. The average molecular weight is 367 g/mol. The van der Waals surface area contributed by atoms with E-state index in [0.29, 0.717) is 5.88 Å². The zero-order valence-corrected chi connectivity index (χ0v) is 14.0. The van der Waals surface area contributed by atoms with E-state index in [1.165, 1.54) is 16.7 Å². The molecule has 2 nitrogen and oxygen atoms in total. The van der Waals surface area contributed by atoms with E-state index in [1.54, 1.807) is 0 Å².